The number of piperidine rings is 1. The third kappa shape index (κ3) is 4.61. The summed E-state index contributed by atoms with van der Waals surface area (Å²) in [5.74, 6) is -0.693. The monoisotopic (exact) mass is 229 g/mol. The first-order valence-electron chi connectivity index (χ1n) is 5.83. The minimum atomic E-state index is -0.871. The minimum Gasteiger partial charge on any atom is -0.434 e. The quantitative estimate of drug-likeness (QED) is 0.449. The first-order chi connectivity index (χ1) is 7.74. The van der Waals surface area contributed by atoms with Gasteiger partial charge in [0.25, 0.3) is 0 Å². The van der Waals surface area contributed by atoms with Gasteiger partial charge in [-0.05, 0) is 25.8 Å². The number of carbonyl (C=O) groups is 2. The summed E-state index contributed by atoms with van der Waals surface area (Å²) in [6, 6.07) is 0. The Hall–Kier alpha value is -1.10. The van der Waals surface area contributed by atoms with E-state index < -0.39 is 12.1 Å². The molecular formula is C11H19NO4. The fraction of sp³-hybridized carbons (Fsp3) is 0.818. The van der Waals surface area contributed by atoms with E-state index in [0.29, 0.717) is 13.2 Å². The molecule has 1 aliphatic heterocycles. The number of esters is 1. The van der Waals surface area contributed by atoms with Crippen molar-refractivity contribution in [1.82, 2.24) is 5.32 Å². The number of carbonyl (C=O) groups excluding carboxylic acids is 2. The molecule has 0 spiro atoms. The van der Waals surface area contributed by atoms with Crippen LogP contribution in [0, 0.1) is 5.92 Å². The maximum absolute atomic E-state index is 11.5. The van der Waals surface area contributed by atoms with Crippen molar-refractivity contribution in [2.75, 3.05) is 19.7 Å². The molecule has 0 bridgehead atoms. The van der Waals surface area contributed by atoms with Gasteiger partial charge in [0.15, 0.2) is 0 Å². The van der Waals surface area contributed by atoms with E-state index in [4.69, 9.17) is 4.74 Å². The van der Waals surface area contributed by atoms with Gasteiger partial charge in [-0.25, -0.2) is 4.79 Å². The summed E-state index contributed by atoms with van der Waals surface area (Å²) in [6.07, 6.45) is 2.56. The van der Waals surface area contributed by atoms with Gasteiger partial charge in [-0.2, -0.15) is 0 Å². The average Bonchev–Trinajstić information content (AvgIpc) is 2.30. The molecule has 0 amide bonds. The second kappa shape index (κ2) is 7.22. The molecule has 1 heterocycles. The molecule has 1 saturated heterocycles. The Morgan fingerprint density at radius 1 is 1.44 bits per heavy atom. The van der Waals surface area contributed by atoms with Crippen molar-refractivity contribution in [3.05, 3.63) is 0 Å². The van der Waals surface area contributed by atoms with Crippen LogP contribution in [-0.4, -0.2) is 31.8 Å². The van der Waals surface area contributed by atoms with E-state index in [1.165, 1.54) is 0 Å². The number of hydrogen-bond acceptors (Lipinski definition) is 5. The van der Waals surface area contributed by atoms with Crippen molar-refractivity contribution in [3.8, 4) is 0 Å². The van der Waals surface area contributed by atoms with Crippen molar-refractivity contribution < 1.29 is 19.1 Å². The molecule has 0 radical (unpaired) electrons. The lowest BCUT2D eigenvalue weighted by Crippen LogP contribution is -2.36. The lowest BCUT2D eigenvalue weighted by atomic mass is 10.0. The van der Waals surface area contributed by atoms with Crippen LogP contribution in [0.5, 0.6) is 0 Å². The number of unbranched alkanes of at least 4 members (excludes halogenated alkanes) is 1. The maximum Gasteiger partial charge on any atom is 0.516 e. The maximum atomic E-state index is 11.5. The summed E-state index contributed by atoms with van der Waals surface area (Å²) in [5, 5.41) is 3.09. The third-order valence-electron chi connectivity index (χ3n) is 2.53. The SMILES string of the molecule is CCCCOC(=O)OC(=O)C1CCCNC1. The molecule has 5 nitrogen and oxygen atoms in total. The van der Waals surface area contributed by atoms with Crippen LogP contribution in [-0.2, 0) is 14.3 Å². The van der Waals surface area contributed by atoms with E-state index in [1.54, 1.807) is 0 Å². The van der Waals surface area contributed by atoms with Crippen molar-refractivity contribution >= 4 is 12.1 Å². The largest absolute Gasteiger partial charge is 0.516 e. The highest BCUT2D eigenvalue weighted by atomic mass is 16.7. The van der Waals surface area contributed by atoms with Crippen molar-refractivity contribution in [1.29, 1.82) is 0 Å². The Kier molecular flexibility index (Phi) is 5.85. The number of rotatable bonds is 4. The smallest absolute Gasteiger partial charge is 0.434 e. The van der Waals surface area contributed by atoms with Crippen LogP contribution < -0.4 is 5.32 Å². The molecule has 1 fully saturated rings. The normalized spacial score (nSPS) is 20.2. The van der Waals surface area contributed by atoms with Crippen LogP contribution in [0.25, 0.3) is 0 Å². The van der Waals surface area contributed by atoms with Crippen LogP contribution in [0.2, 0.25) is 0 Å². The third-order valence-corrected chi connectivity index (χ3v) is 2.53. The summed E-state index contributed by atoms with van der Waals surface area (Å²) < 4.78 is 9.34. The summed E-state index contributed by atoms with van der Waals surface area (Å²) >= 11 is 0. The van der Waals surface area contributed by atoms with E-state index in [-0.39, 0.29) is 5.92 Å². The summed E-state index contributed by atoms with van der Waals surface area (Å²) in [5.41, 5.74) is 0. The molecule has 0 aromatic carbocycles. The van der Waals surface area contributed by atoms with E-state index in [1.807, 2.05) is 6.92 Å². The first kappa shape index (κ1) is 13.0. The molecule has 92 valence electrons. The Labute approximate surface area is 95.5 Å². The number of nitrogens with one attached hydrogen (secondary N) is 1. The summed E-state index contributed by atoms with van der Waals surface area (Å²) in [7, 11) is 0. The van der Waals surface area contributed by atoms with Gasteiger partial charge in [0.05, 0.1) is 12.5 Å². The highest BCUT2D eigenvalue weighted by Gasteiger charge is 2.24. The zero-order chi connectivity index (χ0) is 11.8. The molecule has 0 saturated carbocycles. The Bertz CT molecular complexity index is 236. The molecule has 1 aliphatic rings. The molecule has 1 atom stereocenters. The standard InChI is InChI=1S/C11H19NO4/c1-2-3-7-15-11(14)16-10(13)9-5-4-6-12-8-9/h9,12H,2-8H2,1H3. The van der Waals surface area contributed by atoms with Crippen LogP contribution in [0.1, 0.15) is 32.6 Å². The second-order valence-corrected chi connectivity index (χ2v) is 3.92. The van der Waals surface area contributed by atoms with E-state index >= 15 is 0 Å². The summed E-state index contributed by atoms with van der Waals surface area (Å²) in [4.78, 5) is 22.6. The highest BCUT2D eigenvalue weighted by molar-refractivity contribution is 5.83. The van der Waals surface area contributed by atoms with Gasteiger partial charge in [-0.15, -0.1) is 0 Å². The number of hydrogen-bond donors (Lipinski definition) is 1. The predicted octanol–water partition coefficient (Wildman–Crippen LogP) is 1.47. The zero-order valence-corrected chi connectivity index (χ0v) is 9.66. The van der Waals surface area contributed by atoms with E-state index in [9.17, 15) is 9.59 Å². The zero-order valence-electron chi connectivity index (χ0n) is 9.66. The topological polar surface area (TPSA) is 64.6 Å². The van der Waals surface area contributed by atoms with Gasteiger partial charge in [0.1, 0.15) is 0 Å². The molecule has 0 aromatic heterocycles. The summed E-state index contributed by atoms with van der Waals surface area (Å²) in [6.45, 7) is 3.81. The minimum absolute atomic E-state index is 0.215. The average molecular weight is 229 g/mol. The number of ether oxygens (including phenoxy) is 2. The Morgan fingerprint density at radius 2 is 2.25 bits per heavy atom. The van der Waals surface area contributed by atoms with E-state index in [0.717, 1.165) is 32.2 Å². The van der Waals surface area contributed by atoms with Gasteiger partial charge in [-0.1, -0.05) is 13.3 Å². The van der Waals surface area contributed by atoms with Gasteiger partial charge in [0, 0.05) is 6.54 Å². The van der Waals surface area contributed by atoms with Gasteiger partial charge >= 0.3 is 12.1 Å². The van der Waals surface area contributed by atoms with Gasteiger partial charge < -0.3 is 14.8 Å². The predicted molar refractivity (Wildman–Crippen MR) is 57.9 cm³/mol. The van der Waals surface area contributed by atoms with Crippen LogP contribution >= 0.6 is 0 Å². The van der Waals surface area contributed by atoms with Crippen molar-refractivity contribution in [3.63, 3.8) is 0 Å². The lowest BCUT2D eigenvalue weighted by Gasteiger charge is -2.20. The van der Waals surface area contributed by atoms with Gasteiger partial charge in [-0.3, -0.25) is 4.79 Å². The fourth-order valence-electron chi connectivity index (χ4n) is 1.55. The van der Waals surface area contributed by atoms with Crippen molar-refractivity contribution in [2.45, 2.75) is 32.6 Å². The lowest BCUT2D eigenvalue weighted by molar-refractivity contribution is -0.145. The molecule has 16 heavy (non-hydrogen) atoms. The first-order valence-corrected chi connectivity index (χ1v) is 5.83. The van der Waals surface area contributed by atoms with Crippen molar-refractivity contribution in [2.24, 2.45) is 5.92 Å². The molecule has 0 aliphatic carbocycles. The van der Waals surface area contributed by atoms with Crippen LogP contribution in [0.4, 0.5) is 4.79 Å². The Morgan fingerprint density at radius 3 is 2.88 bits per heavy atom. The van der Waals surface area contributed by atoms with Crippen LogP contribution in [0.15, 0.2) is 0 Å². The highest BCUT2D eigenvalue weighted by Crippen LogP contribution is 2.11. The molecular weight excluding hydrogens is 210 g/mol. The second-order valence-electron chi connectivity index (χ2n) is 3.92. The molecule has 5 heteroatoms. The molecule has 1 rings (SSSR count). The van der Waals surface area contributed by atoms with E-state index in [2.05, 4.69) is 10.1 Å². The fourth-order valence-corrected chi connectivity index (χ4v) is 1.55. The molecule has 1 N–H and O–H groups in total. The Balaban J connectivity index is 2.19. The van der Waals surface area contributed by atoms with Gasteiger partial charge in [0.2, 0.25) is 0 Å². The van der Waals surface area contributed by atoms with Crippen LogP contribution in [0.3, 0.4) is 0 Å². The molecule has 0 aromatic rings. The molecule has 1 unspecified atom stereocenters.